The lowest BCUT2D eigenvalue weighted by Gasteiger charge is -2.00. The van der Waals surface area contributed by atoms with Crippen molar-refractivity contribution in [1.82, 2.24) is 9.55 Å². The van der Waals surface area contributed by atoms with Gasteiger partial charge in [-0.25, -0.2) is 0 Å². The second kappa shape index (κ2) is 3.78. The van der Waals surface area contributed by atoms with Gasteiger partial charge in [-0.1, -0.05) is 6.07 Å². The van der Waals surface area contributed by atoms with Crippen molar-refractivity contribution in [1.29, 1.82) is 0 Å². The third-order valence-corrected chi connectivity index (χ3v) is 2.32. The number of imidazole rings is 1. The number of rotatable bonds is 2. The van der Waals surface area contributed by atoms with Crippen molar-refractivity contribution in [2.24, 2.45) is 0 Å². The second-order valence-electron chi connectivity index (χ2n) is 3.09. The van der Waals surface area contributed by atoms with E-state index in [-0.39, 0.29) is 16.3 Å². The van der Waals surface area contributed by atoms with Gasteiger partial charge in [0.25, 0.3) is 5.69 Å². The fourth-order valence-corrected chi connectivity index (χ4v) is 1.59. The van der Waals surface area contributed by atoms with Gasteiger partial charge < -0.3 is 10.1 Å². The maximum atomic E-state index is 10.6. The van der Waals surface area contributed by atoms with E-state index in [4.69, 9.17) is 12.2 Å². The average Bonchev–Trinajstić information content (AvgIpc) is 2.58. The Morgan fingerprint density at radius 3 is 2.81 bits per heavy atom. The van der Waals surface area contributed by atoms with E-state index >= 15 is 0 Å². The average molecular weight is 237 g/mol. The minimum absolute atomic E-state index is 0.0277. The highest BCUT2D eigenvalue weighted by molar-refractivity contribution is 7.71. The van der Waals surface area contributed by atoms with Crippen molar-refractivity contribution >= 4 is 17.9 Å². The molecule has 0 amide bonds. The van der Waals surface area contributed by atoms with Crippen LogP contribution in [-0.4, -0.2) is 19.6 Å². The molecule has 6 nitrogen and oxygen atoms in total. The number of hydrogen-bond donors (Lipinski definition) is 2. The van der Waals surface area contributed by atoms with Gasteiger partial charge in [0.1, 0.15) is 0 Å². The minimum Gasteiger partial charge on any atom is -0.493 e. The normalized spacial score (nSPS) is 10.2. The summed E-state index contributed by atoms with van der Waals surface area (Å²) in [6.45, 7) is 0. The molecule has 0 unspecified atom stereocenters. The van der Waals surface area contributed by atoms with E-state index in [0.29, 0.717) is 5.69 Å². The van der Waals surface area contributed by atoms with E-state index in [0.717, 1.165) is 0 Å². The van der Waals surface area contributed by atoms with Crippen LogP contribution in [0.1, 0.15) is 0 Å². The van der Waals surface area contributed by atoms with E-state index in [1.54, 1.807) is 12.1 Å². The van der Waals surface area contributed by atoms with Gasteiger partial charge in [-0.05, 0) is 18.3 Å². The molecule has 82 valence electrons. The molecule has 16 heavy (non-hydrogen) atoms. The monoisotopic (exact) mass is 237 g/mol. The molecule has 1 aromatic heterocycles. The molecule has 1 aromatic carbocycles. The van der Waals surface area contributed by atoms with Crippen LogP contribution in [0.2, 0.25) is 0 Å². The van der Waals surface area contributed by atoms with Crippen molar-refractivity contribution in [2.45, 2.75) is 0 Å². The molecule has 7 heteroatoms. The lowest BCUT2D eigenvalue weighted by atomic mass is 10.3. The molecule has 0 aliphatic heterocycles. The summed E-state index contributed by atoms with van der Waals surface area (Å²) in [6, 6.07) is 5.98. The fourth-order valence-electron chi connectivity index (χ4n) is 1.33. The Kier molecular flexibility index (Phi) is 2.45. The summed E-state index contributed by atoms with van der Waals surface area (Å²) in [5.74, 6) is -0.0866. The predicted octanol–water partition coefficient (Wildman–Crippen LogP) is 2.15. The first kappa shape index (κ1) is 10.4. The molecule has 0 radical (unpaired) electrons. The zero-order chi connectivity index (χ0) is 11.7. The summed E-state index contributed by atoms with van der Waals surface area (Å²) in [5, 5.41) is 19.8. The largest absolute Gasteiger partial charge is 0.493 e. The summed E-state index contributed by atoms with van der Waals surface area (Å²) in [4.78, 5) is 12.6. The van der Waals surface area contributed by atoms with Crippen molar-refractivity contribution in [2.75, 3.05) is 0 Å². The Bertz CT molecular complexity index is 602. The van der Waals surface area contributed by atoms with Crippen LogP contribution in [0.25, 0.3) is 5.69 Å². The first-order valence-corrected chi connectivity index (χ1v) is 4.74. The van der Waals surface area contributed by atoms with Crippen LogP contribution in [-0.2, 0) is 0 Å². The standard InChI is InChI=1S/C9H7N3O3S/c13-8-5-11(9(16)10-8)6-2-1-3-7(4-6)12(14)15/h1-5,13H,(H,10,16). The second-order valence-corrected chi connectivity index (χ2v) is 3.48. The molecule has 2 rings (SSSR count). The molecule has 2 N–H and O–H groups in total. The molecule has 0 atom stereocenters. The number of nitro groups is 1. The van der Waals surface area contributed by atoms with E-state index in [1.807, 2.05) is 0 Å². The zero-order valence-electron chi connectivity index (χ0n) is 7.95. The number of aromatic amines is 1. The number of nitrogens with one attached hydrogen (secondary N) is 1. The first-order valence-electron chi connectivity index (χ1n) is 4.33. The molecule has 1 heterocycles. The number of hydrogen-bond acceptors (Lipinski definition) is 4. The fraction of sp³-hybridized carbons (Fsp3) is 0. The molecule has 0 saturated carbocycles. The van der Waals surface area contributed by atoms with Crippen molar-refractivity contribution in [3.05, 3.63) is 45.3 Å². The van der Waals surface area contributed by atoms with Gasteiger partial charge in [0, 0.05) is 12.1 Å². The van der Waals surface area contributed by atoms with Gasteiger partial charge in [-0.2, -0.15) is 0 Å². The van der Waals surface area contributed by atoms with Gasteiger partial charge in [-0.15, -0.1) is 0 Å². The molecular formula is C9H7N3O3S. The van der Waals surface area contributed by atoms with Crippen LogP contribution in [0.3, 0.4) is 0 Å². The molecule has 0 fully saturated rings. The van der Waals surface area contributed by atoms with E-state index in [9.17, 15) is 15.2 Å². The lowest BCUT2D eigenvalue weighted by Crippen LogP contribution is -1.94. The van der Waals surface area contributed by atoms with Crippen LogP contribution in [0.5, 0.6) is 5.88 Å². The van der Waals surface area contributed by atoms with Crippen molar-refractivity contribution in [3.8, 4) is 11.6 Å². The summed E-state index contributed by atoms with van der Waals surface area (Å²) >= 11 is 4.94. The molecule has 2 aromatic rings. The van der Waals surface area contributed by atoms with Crippen LogP contribution in [0, 0.1) is 14.9 Å². The van der Waals surface area contributed by atoms with Crippen LogP contribution in [0.15, 0.2) is 30.5 Å². The quantitative estimate of drug-likeness (QED) is 0.476. The third-order valence-electron chi connectivity index (χ3n) is 2.02. The minimum atomic E-state index is -0.486. The third kappa shape index (κ3) is 1.80. The maximum absolute atomic E-state index is 10.6. The molecule has 0 aliphatic rings. The number of nitrogens with zero attached hydrogens (tertiary/aromatic N) is 2. The zero-order valence-corrected chi connectivity index (χ0v) is 8.77. The Labute approximate surface area is 94.9 Å². The summed E-state index contributed by atoms with van der Waals surface area (Å²) < 4.78 is 1.73. The van der Waals surface area contributed by atoms with Gasteiger partial charge >= 0.3 is 0 Å². The highest BCUT2D eigenvalue weighted by atomic mass is 32.1. The van der Waals surface area contributed by atoms with Gasteiger partial charge in [0.15, 0.2) is 4.77 Å². The molecule has 0 bridgehead atoms. The Morgan fingerprint density at radius 1 is 1.50 bits per heavy atom. The van der Waals surface area contributed by atoms with E-state index in [2.05, 4.69) is 4.98 Å². The number of benzene rings is 1. The Morgan fingerprint density at radius 2 is 2.25 bits per heavy atom. The van der Waals surface area contributed by atoms with Gasteiger partial charge in [0.2, 0.25) is 5.88 Å². The van der Waals surface area contributed by atoms with Crippen LogP contribution in [0.4, 0.5) is 5.69 Å². The Balaban J connectivity index is 2.56. The van der Waals surface area contributed by atoms with Crippen molar-refractivity contribution in [3.63, 3.8) is 0 Å². The van der Waals surface area contributed by atoms with Crippen LogP contribution >= 0.6 is 12.2 Å². The number of aromatic nitrogens is 2. The number of nitro benzene ring substituents is 1. The smallest absolute Gasteiger partial charge is 0.271 e. The highest BCUT2D eigenvalue weighted by Gasteiger charge is 2.08. The molecular weight excluding hydrogens is 230 g/mol. The van der Waals surface area contributed by atoms with E-state index < -0.39 is 4.92 Å². The molecule has 0 saturated heterocycles. The highest BCUT2D eigenvalue weighted by Crippen LogP contribution is 2.18. The summed E-state index contributed by atoms with van der Waals surface area (Å²) in [7, 11) is 0. The maximum Gasteiger partial charge on any atom is 0.271 e. The number of aromatic hydroxyl groups is 1. The van der Waals surface area contributed by atoms with Gasteiger partial charge in [-0.3, -0.25) is 14.7 Å². The van der Waals surface area contributed by atoms with Gasteiger partial charge in [0.05, 0.1) is 16.8 Å². The first-order chi connectivity index (χ1) is 7.58. The van der Waals surface area contributed by atoms with E-state index in [1.165, 1.54) is 22.9 Å². The molecule has 0 spiro atoms. The number of non-ortho nitro benzene ring substituents is 1. The van der Waals surface area contributed by atoms with Crippen molar-refractivity contribution < 1.29 is 10.0 Å². The lowest BCUT2D eigenvalue weighted by molar-refractivity contribution is -0.384. The van der Waals surface area contributed by atoms with Crippen LogP contribution < -0.4 is 0 Å². The number of H-pyrrole nitrogens is 1. The Hall–Kier alpha value is -2.15. The topological polar surface area (TPSA) is 84.1 Å². The predicted molar refractivity (Wildman–Crippen MR) is 59.3 cm³/mol. The summed E-state index contributed by atoms with van der Waals surface area (Å²) in [5.41, 5.74) is 0.496. The summed E-state index contributed by atoms with van der Waals surface area (Å²) in [6.07, 6.45) is 1.36. The SMILES string of the molecule is O=[N+]([O-])c1cccc(-n2cc(O)[nH]c2=S)c1. The molecule has 0 aliphatic carbocycles.